The predicted molar refractivity (Wildman–Crippen MR) is 103 cm³/mol. The first kappa shape index (κ1) is 20.3. The zero-order valence-corrected chi connectivity index (χ0v) is 15.6. The van der Waals surface area contributed by atoms with Crippen LogP contribution in [0.5, 0.6) is 11.5 Å². The van der Waals surface area contributed by atoms with Gasteiger partial charge in [0.2, 0.25) is 0 Å². The predicted octanol–water partition coefficient (Wildman–Crippen LogP) is 3.74. The molecule has 0 unspecified atom stereocenters. The zero-order valence-electron chi connectivity index (χ0n) is 15.6. The summed E-state index contributed by atoms with van der Waals surface area (Å²) in [4.78, 5) is 13.2. The van der Waals surface area contributed by atoms with Crippen LogP contribution in [0.4, 0.5) is 4.79 Å². The van der Waals surface area contributed by atoms with E-state index < -0.39 is 6.16 Å². The van der Waals surface area contributed by atoms with Crippen LogP contribution >= 0.6 is 0 Å². The molecule has 0 heterocycles. The summed E-state index contributed by atoms with van der Waals surface area (Å²) in [6, 6.07) is 15.5. The minimum absolute atomic E-state index is 0.122. The average Bonchev–Trinajstić information content (AvgIpc) is 2.68. The Labute approximate surface area is 159 Å². The second kappa shape index (κ2) is 10.9. The molecule has 0 amide bonds. The third-order valence-corrected chi connectivity index (χ3v) is 3.89. The van der Waals surface area contributed by atoms with Crippen molar-refractivity contribution in [3.63, 3.8) is 0 Å². The molecule has 0 saturated carbocycles. The topological polar surface area (TPSA) is 68.2 Å². The first-order valence-corrected chi connectivity index (χ1v) is 8.60. The molecule has 0 aromatic heterocycles. The average molecular weight is 371 g/mol. The first-order chi connectivity index (χ1) is 13.1. The van der Waals surface area contributed by atoms with Gasteiger partial charge in [-0.1, -0.05) is 42.5 Å². The van der Waals surface area contributed by atoms with Crippen LogP contribution in [0, 0.1) is 0 Å². The lowest BCUT2D eigenvalue weighted by Crippen LogP contribution is -2.23. The number of methoxy groups -OCH3 is 2. The van der Waals surface area contributed by atoms with Gasteiger partial charge < -0.3 is 19.3 Å². The second-order valence-electron chi connectivity index (χ2n) is 5.90. The van der Waals surface area contributed by atoms with E-state index in [1.54, 1.807) is 18.2 Å². The van der Waals surface area contributed by atoms with Gasteiger partial charge in [0.25, 0.3) is 0 Å². The van der Waals surface area contributed by atoms with Crippen molar-refractivity contribution in [3.8, 4) is 11.5 Å². The molecule has 0 aliphatic rings. The Morgan fingerprint density at radius 1 is 1.04 bits per heavy atom. The van der Waals surface area contributed by atoms with Gasteiger partial charge in [0.15, 0.2) is 11.5 Å². The highest BCUT2D eigenvalue weighted by molar-refractivity contribution is 5.59. The van der Waals surface area contributed by atoms with Gasteiger partial charge in [-0.05, 0) is 29.3 Å². The molecule has 0 bridgehead atoms. The molecular weight excluding hydrogens is 346 g/mol. The zero-order chi connectivity index (χ0) is 19.5. The van der Waals surface area contributed by atoms with Crippen molar-refractivity contribution in [2.75, 3.05) is 27.4 Å². The fourth-order valence-electron chi connectivity index (χ4n) is 2.59. The van der Waals surface area contributed by atoms with Crippen LogP contribution in [0.2, 0.25) is 0 Å². The van der Waals surface area contributed by atoms with Gasteiger partial charge in [-0.3, -0.25) is 4.90 Å². The monoisotopic (exact) mass is 371 g/mol. The Hall–Kier alpha value is -2.99. The van der Waals surface area contributed by atoms with Crippen LogP contribution < -0.4 is 4.74 Å². The van der Waals surface area contributed by atoms with Crippen molar-refractivity contribution in [1.82, 2.24) is 4.90 Å². The fraction of sp³-hybridized carbons (Fsp3) is 0.286. The number of ether oxygens (including phenoxy) is 3. The Bertz CT molecular complexity index is 745. The number of hydrogen-bond donors (Lipinski definition) is 1. The van der Waals surface area contributed by atoms with Crippen LogP contribution in [-0.2, 0) is 22.6 Å². The smallest absolute Gasteiger partial charge is 0.504 e. The molecule has 144 valence electrons. The van der Waals surface area contributed by atoms with E-state index in [0.717, 1.165) is 12.1 Å². The molecule has 27 heavy (non-hydrogen) atoms. The number of hydrogen-bond acceptors (Lipinski definition) is 6. The van der Waals surface area contributed by atoms with Crippen molar-refractivity contribution in [3.05, 3.63) is 71.8 Å². The van der Waals surface area contributed by atoms with Gasteiger partial charge in [-0.15, -0.1) is 0 Å². The molecule has 0 fully saturated rings. The molecule has 1 N–H and O–H groups in total. The summed E-state index contributed by atoms with van der Waals surface area (Å²) < 4.78 is 14.4. The largest absolute Gasteiger partial charge is 0.508 e. The van der Waals surface area contributed by atoms with Gasteiger partial charge in [0.05, 0.1) is 14.2 Å². The van der Waals surface area contributed by atoms with E-state index in [1.165, 1.54) is 19.8 Å². The summed E-state index contributed by atoms with van der Waals surface area (Å²) in [5, 5.41) is 10.00. The summed E-state index contributed by atoms with van der Waals surface area (Å²) in [6.07, 6.45) is 3.02. The molecule has 2 aromatic carbocycles. The minimum atomic E-state index is -0.700. The summed E-state index contributed by atoms with van der Waals surface area (Å²) in [6.45, 7) is 2.21. The van der Waals surface area contributed by atoms with Crippen LogP contribution in [-0.4, -0.2) is 43.5 Å². The maximum Gasteiger partial charge on any atom is 0.508 e. The maximum absolute atomic E-state index is 11.0. The Morgan fingerprint density at radius 3 is 2.44 bits per heavy atom. The van der Waals surface area contributed by atoms with Crippen molar-refractivity contribution in [2.45, 2.75) is 13.1 Å². The number of aromatic hydroxyl groups is 1. The van der Waals surface area contributed by atoms with E-state index in [1.807, 2.05) is 30.3 Å². The molecule has 0 spiro atoms. The molecule has 0 aliphatic heterocycles. The van der Waals surface area contributed by atoms with E-state index in [0.29, 0.717) is 18.8 Å². The summed E-state index contributed by atoms with van der Waals surface area (Å²) in [5.41, 5.74) is 2.16. The Balaban J connectivity index is 2.01. The number of carbonyl (C=O) groups excluding carboxylic acids is 1. The van der Waals surface area contributed by atoms with Crippen LogP contribution in [0.3, 0.4) is 0 Å². The Kier molecular flexibility index (Phi) is 8.19. The second-order valence-corrected chi connectivity index (χ2v) is 5.90. The molecule has 2 aromatic rings. The normalized spacial score (nSPS) is 10.9. The highest BCUT2D eigenvalue weighted by atomic mass is 16.7. The maximum atomic E-state index is 11.0. The van der Waals surface area contributed by atoms with E-state index in [9.17, 15) is 9.90 Å². The molecule has 0 atom stereocenters. The van der Waals surface area contributed by atoms with Gasteiger partial charge in [-0.25, -0.2) is 4.79 Å². The summed E-state index contributed by atoms with van der Waals surface area (Å²) in [7, 11) is 2.80. The lowest BCUT2D eigenvalue weighted by atomic mass is 10.1. The van der Waals surface area contributed by atoms with Crippen LogP contribution in [0.15, 0.2) is 60.7 Å². The number of rotatable bonds is 9. The lowest BCUT2D eigenvalue weighted by Gasteiger charge is -2.21. The van der Waals surface area contributed by atoms with Crippen molar-refractivity contribution in [2.24, 2.45) is 0 Å². The van der Waals surface area contributed by atoms with Crippen LogP contribution in [0.1, 0.15) is 11.1 Å². The number of benzene rings is 2. The number of phenols is 1. The van der Waals surface area contributed by atoms with E-state index in [2.05, 4.69) is 21.8 Å². The fourth-order valence-corrected chi connectivity index (χ4v) is 2.59. The Morgan fingerprint density at radius 2 is 1.78 bits per heavy atom. The molecule has 0 saturated heterocycles. The van der Waals surface area contributed by atoms with Gasteiger partial charge in [0.1, 0.15) is 6.61 Å². The van der Waals surface area contributed by atoms with E-state index >= 15 is 0 Å². The van der Waals surface area contributed by atoms with Gasteiger partial charge in [-0.2, -0.15) is 0 Å². The number of carbonyl (C=O) groups is 1. The summed E-state index contributed by atoms with van der Waals surface area (Å²) in [5.74, 6) is 0.574. The quantitative estimate of drug-likeness (QED) is 0.535. The third kappa shape index (κ3) is 7.03. The molecule has 0 aliphatic carbocycles. The van der Waals surface area contributed by atoms with Crippen molar-refractivity contribution in [1.29, 1.82) is 0 Å². The van der Waals surface area contributed by atoms with Crippen molar-refractivity contribution >= 4 is 6.16 Å². The summed E-state index contributed by atoms with van der Waals surface area (Å²) >= 11 is 0. The van der Waals surface area contributed by atoms with E-state index in [4.69, 9.17) is 9.47 Å². The van der Waals surface area contributed by atoms with Crippen LogP contribution in [0.25, 0.3) is 0 Å². The highest BCUT2D eigenvalue weighted by Crippen LogP contribution is 2.27. The first-order valence-electron chi connectivity index (χ1n) is 8.60. The van der Waals surface area contributed by atoms with E-state index in [-0.39, 0.29) is 12.4 Å². The molecule has 6 heteroatoms. The number of nitrogens with zero attached hydrogens (tertiary/aromatic N) is 1. The minimum Gasteiger partial charge on any atom is -0.504 e. The lowest BCUT2D eigenvalue weighted by molar-refractivity contribution is 0.0817. The molecule has 2 rings (SSSR count). The number of phenolic OH excluding ortho intramolecular Hbond substituents is 1. The van der Waals surface area contributed by atoms with Gasteiger partial charge in [0, 0.05) is 19.6 Å². The van der Waals surface area contributed by atoms with Crippen molar-refractivity contribution < 1.29 is 24.1 Å². The molecule has 6 nitrogen and oxygen atoms in total. The molecular formula is C21H25NO5. The standard InChI is InChI=1S/C21H25NO5/c1-25-20-11-10-18(14-19(20)23)16-22(15-17-8-4-3-5-9-17)12-6-7-13-27-21(24)26-2/h3-11,14,23H,12-13,15-16H2,1-2H3/b7-6+. The SMILES string of the molecule is COC(=O)OC/C=C/CN(Cc1ccccc1)Cc1ccc(OC)c(O)c1. The third-order valence-electron chi connectivity index (χ3n) is 3.89. The highest BCUT2D eigenvalue weighted by Gasteiger charge is 2.08. The molecule has 0 radical (unpaired) electrons. The van der Waals surface area contributed by atoms with Gasteiger partial charge >= 0.3 is 6.16 Å².